The SMILES string of the molecule is C1=CCCC(c2cccc(N(c3ccccc3)c3ccc(-c4ccc(-c5ccc(-c6ccc(N(c7ccccc7)c7cccc(-c8ccccc8)c7)cc6)cc5)cc4)cc3)c2)=C1. The van der Waals surface area contributed by atoms with Crippen LogP contribution < -0.4 is 9.80 Å². The van der Waals surface area contributed by atoms with Crippen molar-refractivity contribution in [2.45, 2.75) is 12.8 Å². The van der Waals surface area contributed by atoms with Gasteiger partial charge in [-0.15, -0.1) is 0 Å². The van der Waals surface area contributed by atoms with Crippen LogP contribution in [0.25, 0.3) is 50.1 Å². The van der Waals surface area contributed by atoms with Crippen molar-refractivity contribution in [2.75, 3.05) is 9.80 Å². The molecule has 0 radical (unpaired) electrons. The van der Waals surface area contributed by atoms with E-state index in [0.717, 1.165) is 47.0 Å². The number of benzene rings is 9. The highest BCUT2D eigenvalue weighted by Crippen LogP contribution is 2.40. The third-order valence-corrected chi connectivity index (χ3v) is 11.8. The molecule has 0 amide bonds. The van der Waals surface area contributed by atoms with Crippen molar-refractivity contribution in [1.82, 2.24) is 0 Å². The zero-order valence-corrected chi connectivity index (χ0v) is 34.6. The fraction of sp³-hybridized carbons (Fsp3) is 0.0333. The van der Waals surface area contributed by atoms with Crippen molar-refractivity contribution in [1.29, 1.82) is 0 Å². The van der Waals surface area contributed by atoms with Gasteiger partial charge in [-0.05, 0) is 141 Å². The molecule has 9 aromatic carbocycles. The van der Waals surface area contributed by atoms with E-state index >= 15 is 0 Å². The van der Waals surface area contributed by atoms with Crippen molar-refractivity contribution in [3.8, 4) is 44.5 Å². The number of allylic oxidation sites excluding steroid dienone is 4. The monoisotopic (exact) mass is 794 g/mol. The van der Waals surface area contributed by atoms with Gasteiger partial charge in [-0.3, -0.25) is 0 Å². The van der Waals surface area contributed by atoms with E-state index in [9.17, 15) is 0 Å². The Morgan fingerprint density at radius 3 is 1.00 bits per heavy atom. The predicted octanol–water partition coefficient (Wildman–Crippen LogP) is 17.0. The summed E-state index contributed by atoms with van der Waals surface area (Å²) in [4.78, 5) is 4.67. The summed E-state index contributed by atoms with van der Waals surface area (Å²) < 4.78 is 0. The van der Waals surface area contributed by atoms with E-state index in [1.165, 1.54) is 55.6 Å². The van der Waals surface area contributed by atoms with Crippen LogP contribution >= 0.6 is 0 Å². The Hall–Kier alpha value is -7.94. The first kappa shape index (κ1) is 38.3. The van der Waals surface area contributed by atoms with Crippen molar-refractivity contribution >= 4 is 39.7 Å². The van der Waals surface area contributed by atoms with E-state index in [0.29, 0.717) is 0 Å². The quantitative estimate of drug-likeness (QED) is 0.129. The van der Waals surface area contributed by atoms with Crippen LogP contribution in [0.4, 0.5) is 34.1 Å². The second-order valence-electron chi connectivity index (χ2n) is 15.7. The molecule has 0 bridgehead atoms. The maximum absolute atomic E-state index is 2.35. The predicted molar refractivity (Wildman–Crippen MR) is 264 cm³/mol. The Labute approximate surface area is 365 Å². The van der Waals surface area contributed by atoms with E-state index in [2.05, 4.69) is 265 Å². The maximum Gasteiger partial charge on any atom is 0.0467 e. The Balaban J connectivity index is 0.859. The molecule has 2 heteroatoms. The second-order valence-corrected chi connectivity index (χ2v) is 15.7. The highest BCUT2D eigenvalue weighted by molar-refractivity contribution is 5.83. The fourth-order valence-corrected chi connectivity index (χ4v) is 8.51. The number of anilines is 6. The summed E-state index contributed by atoms with van der Waals surface area (Å²) in [7, 11) is 0. The van der Waals surface area contributed by atoms with Crippen molar-refractivity contribution < 1.29 is 0 Å². The Morgan fingerprint density at radius 2 is 0.581 bits per heavy atom. The number of hydrogen-bond acceptors (Lipinski definition) is 2. The van der Waals surface area contributed by atoms with Gasteiger partial charge in [0.25, 0.3) is 0 Å². The summed E-state index contributed by atoms with van der Waals surface area (Å²) in [5.41, 5.74) is 19.0. The topological polar surface area (TPSA) is 6.48 Å². The van der Waals surface area contributed by atoms with Gasteiger partial charge in [-0.25, -0.2) is 0 Å². The maximum atomic E-state index is 2.35. The Morgan fingerprint density at radius 1 is 0.258 bits per heavy atom. The van der Waals surface area contributed by atoms with Crippen LogP contribution in [-0.4, -0.2) is 0 Å². The molecule has 0 aliphatic heterocycles. The summed E-state index contributed by atoms with van der Waals surface area (Å²) in [6.07, 6.45) is 8.82. The van der Waals surface area contributed by atoms with Crippen LogP contribution in [0, 0.1) is 0 Å². The van der Waals surface area contributed by atoms with E-state index in [4.69, 9.17) is 0 Å². The third kappa shape index (κ3) is 8.28. The van der Waals surface area contributed by atoms with E-state index in [1.54, 1.807) is 0 Å². The molecule has 296 valence electrons. The molecule has 0 N–H and O–H groups in total. The minimum absolute atomic E-state index is 1.07. The van der Waals surface area contributed by atoms with Crippen LogP contribution in [-0.2, 0) is 0 Å². The van der Waals surface area contributed by atoms with Gasteiger partial charge in [0.2, 0.25) is 0 Å². The molecule has 0 unspecified atom stereocenters. The Kier molecular flexibility index (Phi) is 10.9. The summed E-state index contributed by atoms with van der Waals surface area (Å²) >= 11 is 0. The van der Waals surface area contributed by atoms with Crippen LogP contribution in [0.5, 0.6) is 0 Å². The lowest BCUT2D eigenvalue weighted by molar-refractivity contribution is 1.05. The molecule has 1 aliphatic rings. The molecule has 0 heterocycles. The van der Waals surface area contributed by atoms with E-state index in [1.807, 2.05) is 0 Å². The van der Waals surface area contributed by atoms with Crippen molar-refractivity contribution in [3.63, 3.8) is 0 Å². The summed E-state index contributed by atoms with van der Waals surface area (Å²) in [5.74, 6) is 0. The molecule has 2 nitrogen and oxygen atoms in total. The molecule has 0 atom stereocenters. The largest absolute Gasteiger partial charge is 0.310 e. The first-order chi connectivity index (χ1) is 30.7. The van der Waals surface area contributed by atoms with Crippen molar-refractivity contribution in [2.24, 2.45) is 0 Å². The van der Waals surface area contributed by atoms with Gasteiger partial charge in [0.05, 0.1) is 0 Å². The van der Waals surface area contributed by atoms with Gasteiger partial charge in [0, 0.05) is 34.1 Å². The Bertz CT molecular complexity index is 2950. The fourth-order valence-electron chi connectivity index (χ4n) is 8.51. The van der Waals surface area contributed by atoms with E-state index < -0.39 is 0 Å². The van der Waals surface area contributed by atoms with Crippen LogP contribution in [0.1, 0.15) is 18.4 Å². The molecule has 0 saturated heterocycles. The minimum atomic E-state index is 1.07. The molecule has 62 heavy (non-hydrogen) atoms. The summed E-state index contributed by atoms with van der Waals surface area (Å²) in [5, 5.41) is 0. The molecular weight excluding hydrogens is 749 g/mol. The zero-order chi connectivity index (χ0) is 41.5. The molecule has 0 saturated carbocycles. The molecule has 10 rings (SSSR count). The number of hydrogen-bond donors (Lipinski definition) is 0. The van der Waals surface area contributed by atoms with Crippen LogP contribution in [0.15, 0.2) is 255 Å². The molecule has 0 fully saturated rings. The van der Waals surface area contributed by atoms with Gasteiger partial charge < -0.3 is 9.80 Å². The lowest BCUT2D eigenvalue weighted by Crippen LogP contribution is -2.10. The number of nitrogens with zero attached hydrogens (tertiary/aromatic N) is 2. The zero-order valence-electron chi connectivity index (χ0n) is 34.6. The molecule has 1 aliphatic carbocycles. The van der Waals surface area contributed by atoms with Crippen molar-refractivity contribution in [3.05, 3.63) is 260 Å². The van der Waals surface area contributed by atoms with Crippen LogP contribution in [0.2, 0.25) is 0 Å². The molecular formula is C60H46N2. The molecule has 0 spiro atoms. The highest BCUT2D eigenvalue weighted by atomic mass is 15.1. The first-order valence-electron chi connectivity index (χ1n) is 21.5. The average molecular weight is 795 g/mol. The molecule has 9 aromatic rings. The van der Waals surface area contributed by atoms with Gasteiger partial charge in [0.15, 0.2) is 0 Å². The summed E-state index contributed by atoms with van der Waals surface area (Å²) in [6.45, 7) is 0. The van der Waals surface area contributed by atoms with E-state index in [-0.39, 0.29) is 0 Å². The third-order valence-electron chi connectivity index (χ3n) is 11.8. The lowest BCUT2D eigenvalue weighted by Gasteiger charge is -2.26. The van der Waals surface area contributed by atoms with Gasteiger partial charge in [-0.2, -0.15) is 0 Å². The van der Waals surface area contributed by atoms with Gasteiger partial charge >= 0.3 is 0 Å². The van der Waals surface area contributed by atoms with Gasteiger partial charge in [0.1, 0.15) is 0 Å². The number of rotatable bonds is 11. The normalized spacial score (nSPS) is 12.1. The highest BCUT2D eigenvalue weighted by Gasteiger charge is 2.16. The second kappa shape index (κ2) is 17.7. The van der Waals surface area contributed by atoms with Gasteiger partial charge in [-0.1, -0.05) is 182 Å². The molecule has 0 aromatic heterocycles. The average Bonchev–Trinajstić information content (AvgIpc) is 3.36. The number of para-hydroxylation sites is 2. The van der Waals surface area contributed by atoms with Crippen LogP contribution in [0.3, 0.4) is 0 Å². The lowest BCUT2D eigenvalue weighted by atomic mass is 9.96. The summed E-state index contributed by atoms with van der Waals surface area (Å²) in [6, 6.07) is 85.2. The minimum Gasteiger partial charge on any atom is -0.310 e. The standard InChI is InChI=1S/C60H46N2/c1-5-15-45(16-6-1)53-19-13-25-59(43-53)61(55-21-9-3-10-22-55)57-39-35-51(36-40-57)49-31-27-47(28-32-49)48-29-33-50(34-30-48)52-37-41-58(42-38-52)62(56-23-11-4-12-24-56)60-26-14-20-54(44-60)46-17-7-2-8-18-46/h1-7,9-17,19-44H,8,18H2. The smallest absolute Gasteiger partial charge is 0.0467 e. The first-order valence-corrected chi connectivity index (χ1v) is 21.5.